The number of ether oxygens (including phenoxy) is 1. The van der Waals surface area contributed by atoms with E-state index in [9.17, 15) is 23.1 Å². The molecule has 0 aliphatic heterocycles. The van der Waals surface area contributed by atoms with Crippen LogP contribution in [0.3, 0.4) is 0 Å². The molecule has 0 saturated heterocycles. The number of aliphatic hydroxyl groups excluding tert-OH is 1. The third kappa shape index (κ3) is 7.72. The number of benzene rings is 1. The largest absolute Gasteiger partial charge is 0.484 e. The van der Waals surface area contributed by atoms with Crippen LogP contribution in [-0.2, 0) is 0 Å². The van der Waals surface area contributed by atoms with E-state index in [2.05, 4.69) is 15.4 Å². The van der Waals surface area contributed by atoms with Gasteiger partial charge in [0.2, 0.25) is 0 Å². The quantitative estimate of drug-likeness (QED) is 0.723. The first-order valence-electron chi connectivity index (χ1n) is 6.82. The molecule has 8 heteroatoms. The molecular weight excluding hydrogens is 301 g/mol. The molecule has 0 heterocycles. The van der Waals surface area contributed by atoms with Gasteiger partial charge in [0.05, 0.1) is 6.10 Å². The van der Waals surface area contributed by atoms with Crippen molar-refractivity contribution in [2.24, 2.45) is 0 Å². The van der Waals surface area contributed by atoms with Gasteiger partial charge in [0.15, 0.2) is 6.61 Å². The Bertz CT molecular complexity index is 481. The number of hydrogen-bond acceptors (Lipinski definition) is 3. The Morgan fingerprint density at radius 3 is 2.77 bits per heavy atom. The second-order valence-electron chi connectivity index (χ2n) is 4.66. The zero-order valence-corrected chi connectivity index (χ0v) is 12.1. The third-order valence-corrected chi connectivity index (χ3v) is 2.73. The maximum Gasteiger partial charge on any atom is 0.422 e. The van der Waals surface area contributed by atoms with E-state index in [1.54, 1.807) is 0 Å². The molecule has 22 heavy (non-hydrogen) atoms. The Hall–Kier alpha value is -1.96. The summed E-state index contributed by atoms with van der Waals surface area (Å²) in [5.41, 5.74) is 0.313. The number of rotatable bonds is 7. The van der Waals surface area contributed by atoms with Crippen molar-refractivity contribution in [3.05, 3.63) is 24.3 Å². The van der Waals surface area contributed by atoms with E-state index >= 15 is 0 Å². The Balaban J connectivity index is 2.43. The molecule has 0 fully saturated rings. The van der Waals surface area contributed by atoms with Crippen LogP contribution >= 0.6 is 0 Å². The van der Waals surface area contributed by atoms with Crippen LogP contribution in [0.4, 0.5) is 23.7 Å². The second kappa shape index (κ2) is 8.47. The van der Waals surface area contributed by atoms with Crippen molar-refractivity contribution in [2.75, 3.05) is 18.5 Å². The highest BCUT2D eigenvalue weighted by atomic mass is 19.4. The highest BCUT2D eigenvalue weighted by Crippen LogP contribution is 2.21. The number of anilines is 1. The van der Waals surface area contributed by atoms with Gasteiger partial charge in [-0.1, -0.05) is 13.0 Å². The molecule has 1 aromatic rings. The van der Waals surface area contributed by atoms with E-state index in [4.69, 9.17) is 0 Å². The van der Waals surface area contributed by atoms with Gasteiger partial charge in [-0.3, -0.25) is 0 Å². The summed E-state index contributed by atoms with van der Waals surface area (Å²) in [7, 11) is 0. The molecular formula is C14H19F3N2O3. The van der Waals surface area contributed by atoms with Crippen LogP contribution in [0, 0.1) is 0 Å². The maximum atomic E-state index is 12.1. The van der Waals surface area contributed by atoms with Crippen LogP contribution in [-0.4, -0.2) is 36.6 Å². The van der Waals surface area contributed by atoms with Crippen molar-refractivity contribution in [2.45, 2.75) is 32.0 Å². The first-order chi connectivity index (χ1) is 10.3. The van der Waals surface area contributed by atoms with Crippen LogP contribution in [0.2, 0.25) is 0 Å². The number of urea groups is 1. The standard InChI is InChI=1S/C14H19F3N2O3/c1-2-11(20)6-7-18-13(21)19-10-4-3-5-12(8-10)22-9-14(15,16)17/h3-5,8,11,20H,2,6-7,9H2,1H3,(H2,18,19,21). The Labute approximate surface area is 126 Å². The lowest BCUT2D eigenvalue weighted by molar-refractivity contribution is -0.153. The lowest BCUT2D eigenvalue weighted by atomic mass is 10.2. The number of amides is 2. The molecule has 0 aliphatic rings. The Morgan fingerprint density at radius 1 is 1.41 bits per heavy atom. The van der Waals surface area contributed by atoms with Gasteiger partial charge in [-0.05, 0) is 25.0 Å². The van der Waals surface area contributed by atoms with Gasteiger partial charge in [-0.2, -0.15) is 13.2 Å². The van der Waals surface area contributed by atoms with E-state index in [-0.39, 0.29) is 5.75 Å². The number of nitrogens with one attached hydrogen (secondary N) is 2. The summed E-state index contributed by atoms with van der Waals surface area (Å²) in [6.45, 7) is 0.736. The van der Waals surface area contributed by atoms with E-state index in [0.717, 1.165) is 0 Å². The van der Waals surface area contributed by atoms with Crippen molar-refractivity contribution >= 4 is 11.7 Å². The van der Waals surface area contributed by atoms with Crippen LogP contribution in [0.5, 0.6) is 5.75 Å². The van der Waals surface area contributed by atoms with Crippen LogP contribution in [0.15, 0.2) is 24.3 Å². The zero-order chi connectivity index (χ0) is 16.6. The zero-order valence-electron chi connectivity index (χ0n) is 12.1. The number of aliphatic hydroxyl groups is 1. The number of carbonyl (C=O) groups excluding carboxylic acids is 1. The molecule has 1 aromatic carbocycles. The smallest absolute Gasteiger partial charge is 0.422 e. The fourth-order valence-corrected chi connectivity index (χ4v) is 1.56. The lowest BCUT2D eigenvalue weighted by Crippen LogP contribution is -2.31. The van der Waals surface area contributed by atoms with Gasteiger partial charge in [-0.15, -0.1) is 0 Å². The number of alkyl halides is 3. The minimum atomic E-state index is -4.42. The molecule has 0 bridgehead atoms. The molecule has 3 N–H and O–H groups in total. The topological polar surface area (TPSA) is 70.6 Å². The molecule has 0 aromatic heterocycles. The number of halogens is 3. The highest BCUT2D eigenvalue weighted by molar-refractivity contribution is 5.89. The van der Waals surface area contributed by atoms with Crippen molar-refractivity contribution in [3.8, 4) is 5.75 Å². The number of hydrogen-bond donors (Lipinski definition) is 3. The molecule has 2 amide bonds. The summed E-state index contributed by atoms with van der Waals surface area (Å²) in [5.74, 6) is 0.0107. The van der Waals surface area contributed by atoms with E-state index < -0.39 is 24.9 Å². The Morgan fingerprint density at radius 2 is 2.14 bits per heavy atom. The summed E-state index contributed by atoms with van der Waals surface area (Å²) < 4.78 is 40.8. The predicted molar refractivity (Wildman–Crippen MR) is 75.9 cm³/mol. The molecule has 1 unspecified atom stereocenters. The van der Waals surface area contributed by atoms with Crippen LogP contribution in [0.25, 0.3) is 0 Å². The monoisotopic (exact) mass is 320 g/mol. The summed E-state index contributed by atoms with van der Waals surface area (Å²) in [5, 5.41) is 14.4. The van der Waals surface area contributed by atoms with Gasteiger partial charge in [0, 0.05) is 18.3 Å². The SMILES string of the molecule is CCC(O)CCNC(=O)Nc1cccc(OCC(F)(F)F)c1. The molecule has 1 atom stereocenters. The van der Waals surface area contributed by atoms with Gasteiger partial charge in [-0.25, -0.2) is 4.79 Å². The van der Waals surface area contributed by atoms with Crippen molar-refractivity contribution < 1.29 is 27.8 Å². The average Bonchev–Trinajstić information content (AvgIpc) is 2.44. The molecule has 0 saturated carbocycles. The molecule has 124 valence electrons. The third-order valence-electron chi connectivity index (χ3n) is 2.73. The summed E-state index contributed by atoms with van der Waals surface area (Å²) >= 11 is 0. The fourth-order valence-electron chi connectivity index (χ4n) is 1.56. The van der Waals surface area contributed by atoms with Gasteiger partial charge >= 0.3 is 12.2 Å². The number of carbonyl (C=O) groups is 1. The van der Waals surface area contributed by atoms with Crippen LogP contribution < -0.4 is 15.4 Å². The first-order valence-corrected chi connectivity index (χ1v) is 6.82. The normalized spacial score (nSPS) is 12.6. The Kier molecular flexibility index (Phi) is 6.97. The van der Waals surface area contributed by atoms with Crippen molar-refractivity contribution in [3.63, 3.8) is 0 Å². The summed E-state index contributed by atoms with van der Waals surface area (Å²) in [6.07, 6.45) is -3.86. The summed E-state index contributed by atoms with van der Waals surface area (Å²) in [6, 6.07) is 5.16. The van der Waals surface area contributed by atoms with Crippen molar-refractivity contribution in [1.29, 1.82) is 0 Å². The summed E-state index contributed by atoms with van der Waals surface area (Å²) in [4.78, 5) is 11.6. The minimum absolute atomic E-state index is 0.0107. The van der Waals surface area contributed by atoms with E-state index in [1.807, 2.05) is 6.92 Å². The lowest BCUT2D eigenvalue weighted by Gasteiger charge is -2.12. The molecule has 0 aliphatic carbocycles. The second-order valence-corrected chi connectivity index (χ2v) is 4.66. The molecule has 1 rings (SSSR count). The van der Waals surface area contributed by atoms with E-state index in [0.29, 0.717) is 25.1 Å². The highest BCUT2D eigenvalue weighted by Gasteiger charge is 2.28. The van der Waals surface area contributed by atoms with Gasteiger partial charge in [0.1, 0.15) is 5.75 Å². The predicted octanol–water partition coefficient (Wildman–Crippen LogP) is 2.91. The average molecular weight is 320 g/mol. The van der Waals surface area contributed by atoms with Crippen molar-refractivity contribution in [1.82, 2.24) is 5.32 Å². The first kappa shape index (κ1) is 18.1. The van der Waals surface area contributed by atoms with Crippen LogP contribution in [0.1, 0.15) is 19.8 Å². The molecule has 0 spiro atoms. The molecule has 5 nitrogen and oxygen atoms in total. The fraction of sp³-hybridized carbons (Fsp3) is 0.500. The van der Waals surface area contributed by atoms with Gasteiger partial charge < -0.3 is 20.5 Å². The molecule has 0 radical (unpaired) electrons. The van der Waals surface area contributed by atoms with E-state index in [1.165, 1.54) is 24.3 Å². The van der Waals surface area contributed by atoms with Gasteiger partial charge in [0.25, 0.3) is 0 Å². The maximum absolute atomic E-state index is 12.1. The minimum Gasteiger partial charge on any atom is -0.484 e.